The number of benzene rings is 1. The number of hydrogen-bond donors (Lipinski definition) is 1. The first kappa shape index (κ1) is 15.9. The normalized spacial score (nSPS) is 28.5. The molecule has 1 aromatic rings. The molecule has 0 aromatic heterocycles. The van der Waals surface area contributed by atoms with Crippen molar-refractivity contribution in [2.45, 2.75) is 18.9 Å². The van der Waals surface area contributed by atoms with Crippen LogP contribution in [0.1, 0.15) is 23.2 Å². The zero-order valence-corrected chi connectivity index (χ0v) is 14.4. The third-order valence-electron chi connectivity index (χ3n) is 4.87. The van der Waals surface area contributed by atoms with Gasteiger partial charge in [-0.2, -0.15) is 0 Å². The Balaban J connectivity index is 0.00000144. The van der Waals surface area contributed by atoms with Crippen molar-refractivity contribution in [2.75, 3.05) is 19.9 Å². The summed E-state index contributed by atoms with van der Waals surface area (Å²) >= 11 is 3.44. The maximum Gasteiger partial charge on any atom is 0.254 e. The van der Waals surface area contributed by atoms with E-state index in [0.717, 1.165) is 30.4 Å². The number of nitrogens with zero attached hydrogens (tertiary/aromatic N) is 1. The molecule has 7 heteroatoms. The largest absolute Gasteiger partial charge is 0.454 e. The number of fused-ring (bicyclic) bond motifs is 2. The van der Waals surface area contributed by atoms with E-state index in [1.165, 1.54) is 0 Å². The number of hydrogen-bond acceptors (Lipinski definition) is 4. The minimum atomic E-state index is 0. The number of carbonyl (C=O) groups is 1. The molecule has 4 rings (SSSR count). The highest BCUT2D eigenvalue weighted by Crippen LogP contribution is 2.41. The zero-order chi connectivity index (χ0) is 14.6. The summed E-state index contributed by atoms with van der Waals surface area (Å²) in [6.07, 6.45) is 2.23. The summed E-state index contributed by atoms with van der Waals surface area (Å²) in [5.74, 6) is 2.39. The van der Waals surface area contributed by atoms with E-state index in [-0.39, 0.29) is 31.1 Å². The van der Waals surface area contributed by atoms with Gasteiger partial charge in [0.05, 0.1) is 4.47 Å². The molecule has 22 heavy (non-hydrogen) atoms. The van der Waals surface area contributed by atoms with Crippen LogP contribution in [-0.2, 0) is 0 Å². The molecule has 0 spiro atoms. The molecule has 1 aliphatic carbocycles. The van der Waals surface area contributed by atoms with E-state index in [4.69, 9.17) is 15.2 Å². The lowest BCUT2D eigenvalue weighted by Gasteiger charge is -2.19. The van der Waals surface area contributed by atoms with Crippen molar-refractivity contribution in [3.63, 3.8) is 0 Å². The second-order valence-electron chi connectivity index (χ2n) is 6.07. The van der Waals surface area contributed by atoms with Gasteiger partial charge in [0.15, 0.2) is 11.5 Å². The zero-order valence-electron chi connectivity index (χ0n) is 12.0. The van der Waals surface area contributed by atoms with E-state index in [0.29, 0.717) is 28.9 Å². The van der Waals surface area contributed by atoms with E-state index < -0.39 is 0 Å². The summed E-state index contributed by atoms with van der Waals surface area (Å²) in [6.45, 7) is 1.80. The highest BCUT2D eigenvalue weighted by Gasteiger charge is 2.42. The molecular weight excluding hydrogens is 372 g/mol. The van der Waals surface area contributed by atoms with Gasteiger partial charge in [-0.1, -0.05) is 0 Å². The van der Waals surface area contributed by atoms with Crippen LogP contribution in [-0.4, -0.2) is 36.7 Å². The second kappa shape index (κ2) is 5.91. The predicted octanol–water partition coefficient (Wildman–Crippen LogP) is 2.41. The summed E-state index contributed by atoms with van der Waals surface area (Å²) in [5.41, 5.74) is 6.78. The van der Waals surface area contributed by atoms with E-state index >= 15 is 0 Å². The van der Waals surface area contributed by atoms with Crippen molar-refractivity contribution in [1.82, 2.24) is 4.90 Å². The second-order valence-corrected chi connectivity index (χ2v) is 6.92. The Morgan fingerprint density at radius 2 is 2.09 bits per heavy atom. The lowest BCUT2D eigenvalue weighted by molar-refractivity contribution is 0.0779. The molecule has 120 valence electrons. The van der Waals surface area contributed by atoms with Crippen molar-refractivity contribution in [2.24, 2.45) is 17.6 Å². The van der Waals surface area contributed by atoms with E-state index in [2.05, 4.69) is 15.9 Å². The first-order valence-corrected chi connectivity index (χ1v) is 8.07. The van der Waals surface area contributed by atoms with E-state index in [9.17, 15) is 4.79 Å². The van der Waals surface area contributed by atoms with E-state index in [1.54, 1.807) is 6.07 Å². The molecule has 2 fully saturated rings. The van der Waals surface area contributed by atoms with E-state index in [1.807, 2.05) is 11.0 Å². The third kappa shape index (κ3) is 2.47. The molecule has 1 aromatic carbocycles. The van der Waals surface area contributed by atoms with Crippen LogP contribution < -0.4 is 15.2 Å². The van der Waals surface area contributed by atoms with Gasteiger partial charge in [-0.05, 0) is 52.7 Å². The fraction of sp³-hybridized carbons (Fsp3) is 0.533. The Morgan fingerprint density at radius 3 is 2.86 bits per heavy atom. The molecule has 0 radical (unpaired) electrons. The molecule has 3 aliphatic rings. The fourth-order valence-corrected chi connectivity index (χ4v) is 4.30. The molecular formula is C15H18BrClN2O3. The molecule has 3 unspecified atom stereocenters. The molecule has 0 bridgehead atoms. The SMILES string of the molecule is Cl.NC1CCC2CN(C(=O)c3cc(Br)c4c(c3)OCO4)CC12. The van der Waals surface area contributed by atoms with Gasteiger partial charge in [-0.3, -0.25) is 4.79 Å². The average Bonchev–Trinajstić information content (AvgIpc) is 3.15. The predicted molar refractivity (Wildman–Crippen MR) is 87.6 cm³/mol. The van der Waals surface area contributed by atoms with Gasteiger partial charge >= 0.3 is 0 Å². The smallest absolute Gasteiger partial charge is 0.254 e. The number of halogens is 2. The first-order valence-electron chi connectivity index (χ1n) is 7.27. The molecule has 1 amide bonds. The molecule has 3 atom stereocenters. The number of rotatable bonds is 1. The standard InChI is InChI=1S/C15H17BrN2O3.ClH/c16-11-3-9(4-13-14(11)21-7-20-13)15(19)18-5-8-1-2-12(17)10(8)6-18;/h3-4,8,10,12H,1-2,5-7,17H2;1H. The Kier molecular flexibility index (Phi) is 4.27. The molecule has 2 aliphatic heterocycles. The van der Waals surface area contributed by atoms with Crippen molar-refractivity contribution in [3.05, 3.63) is 22.2 Å². The van der Waals surface area contributed by atoms with Crippen LogP contribution >= 0.6 is 28.3 Å². The first-order chi connectivity index (χ1) is 10.1. The van der Waals surface area contributed by atoms with Crippen molar-refractivity contribution in [3.8, 4) is 11.5 Å². The fourth-order valence-electron chi connectivity index (χ4n) is 3.75. The van der Waals surface area contributed by atoms with Crippen LogP contribution in [0.4, 0.5) is 0 Å². The van der Waals surface area contributed by atoms with Gasteiger partial charge in [0.1, 0.15) is 0 Å². The molecule has 2 N–H and O–H groups in total. The van der Waals surface area contributed by atoms with Crippen LogP contribution in [0.25, 0.3) is 0 Å². The summed E-state index contributed by atoms with van der Waals surface area (Å²) in [5, 5.41) is 0. The minimum Gasteiger partial charge on any atom is -0.454 e. The number of nitrogens with two attached hydrogens (primary N) is 1. The summed E-state index contributed by atoms with van der Waals surface area (Å²) in [6, 6.07) is 3.82. The van der Waals surface area contributed by atoms with Gasteiger partial charge in [-0.25, -0.2) is 0 Å². The maximum atomic E-state index is 12.7. The quantitative estimate of drug-likeness (QED) is 0.801. The monoisotopic (exact) mass is 388 g/mol. The highest BCUT2D eigenvalue weighted by atomic mass is 79.9. The number of ether oxygens (including phenoxy) is 2. The summed E-state index contributed by atoms with van der Waals surface area (Å²) in [4.78, 5) is 14.6. The van der Waals surface area contributed by atoms with Crippen molar-refractivity contribution >= 4 is 34.2 Å². The van der Waals surface area contributed by atoms with Crippen molar-refractivity contribution in [1.29, 1.82) is 0 Å². The number of likely N-dealkylation sites (tertiary alicyclic amines) is 1. The number of carbonyl (C=O) groups excluding carboxylic acids is 1. The van der Waals surface area contributed by atoms with Crippen LogP contribution in [0, 0.1) is 11.8 Å². The van der Waals surface area contributed by atoms with Gasteiger partial charge in [0.2, 0.25) is 6.79 Å². The third-order valence-corrected chi connectivity index (χ3v) is 5.46. The molecule has 5 nitrogen and oxygen atoms in total. The van der Waals surface area contributed by atoms with Crippen LogP contribution in [0.15, 0.2) is 16.6 Å². The van der Waals surface area contributed by atoms with Gasteiger partial charge < -0.3 is 20.1 Å². The van der Waals surface area contributed by atoms with Crippen LogP contribution in [0.2, 0.25) is 0 Å². The van der Waals surface area contributed by atoms with Crippen LogP contribution in [0.5, 0.6) is 11.5 Å². The van der Waals surface area contributed by atoms with Crippen molar-refractivity contribution < 1.29 is 14.3 Å². The molecule has 1 saturated carbocycles. The summed E-state index contributed by atoms with van der Waals surface area (Å²) < 4.78 is 11.5. The lowest BCUT2D eigenvalue weighted by Crippen LogP contribution is -2.33. The Labute approximate surface area is 143 Å². The molecule has 2 heterocycles. The lowest BCUT2D eigenvalue weighted by atomic mass is 9.98. The maximum absolute atomic E-state index is 12.7. The minimum absolute atomic E-state index is 0. The van der Waals surface area contributed by atoms with Gasteiger partial charge in [0.25, 0.3) is 5.91 Å². The van der Waals surface area contributed by atoms with Gasteiger partial charge in [-0.15, -0.1) is 12.4 Å². The highest BCUT2D eigenvalue weighted by molar-refractivity contribution is 9.10. The summed E-state index contributed by atoms with van der Waals surface area (Å²) in [7, 11) is 0. The van der Waals surface area contributed by atoms with Crippen LogP contribution in [0.3, 0.4) is 0 Å². The van der Waals surface area contributed by atoms with Gasteiger partial charge in [0, 0.05) is 24.7 Å². The Bertz CT molecular complexity index is 613. The topological polar surface area (TPSA) is 64.8 Å². The number of amides is 1. The Hall–Kier alpha value is -0.980. The average molecular weight is 390 g/mol. The Morgan fingerprint density at radius 1 is 1.27 bits per heavy atom. The molecule has 1 saturated heterocycles.